The average molecular weight is 215 g/mol. The molecule has 0 saturated carbocycles. The molecule has 3 atom stereocenters. The van der Waals surface area contributed by atoms with Gasteiger partial charge in [0.05, 0.1) is 12.7 Å². The highest BCUT2D eigenvalue weighted by molar-refractivity contribution is 4.87. The van der Waals surface area contributed by atoms with Crippen LogP contribution in [0.15, 0.2) is 0 Å². The summed E-state index contributed by atoms with van der Waals surface area (Å²) in [5.41, 5.74) is -0.0184. The molecule has 1 aliphatic heterocycles. The van der Waals surface area contributed by atoms with Gasteiger partial charge < -0.3 is 9.84 Å². The molecule has 2 N–H and O–H groups in total. The van der Waals surface area contributed by atoms with Gasteiger partial charge in [0.2, 0.25) is 0 Å². The van der Waals surface area contributed by atoms with E-state index in [-0.39, 0.29) is 11.8 Å². The van der Waals surface area contributed by atoms with Crippen LogP contribution in [-0.2, 0) is 4.74 Å². The highest BCUT2D eigenvalue weighted by Gasteiger charge is 2.42. The van der Waals surface area contributed by atoms with Crippen molar-refractivity contribution in [3.05, 3.63) is 0 Å². The highest BCUT2D eigenvalue weighted by atomic mass is 16.6. The van der Waals surface area contributed by atoms with Crippen LogP contribution < -0.4 is 5.32 Å². The van der Waals surface area contributed by atoms with Crippen LogP contribution >= 0.6 is 0 Å². The van der Waals surface area contributed by atoms with Gasteiger partial charge in [-0.25, -0.2) is 0 Å². The number of aliphatic hydroxyl groups excluding tert-OH is 1. The van der Waals surface area contributed by atoms with Crippen molar-refractivity contribution in [2.24, 2.45) is 5.92 Å². The summed E-state index contributed by atoms with van der Waals surface area (Å²) in [4.78, 5) is 0. The largest absolute Gasteiger partial charge is 0.393 e. The van der Waals surface area contributed by atoms with Gasteiger partial charge in [0.15, 0.2) is 0 Å². The van der Waals surface area contributed by atoms with Crippen molar-refractivity contribution < 1.29 is 9.84 Å². The van der Waals surface area contributed by atoms with Crippen LogP contribution in [0.1, 0.15) is 46.0 Å². The normalized spacial score (nSPS) is 28.8. The molecule has 3 heteroatoms. The number of hydrogen-bond donors (Lipinski definition) is 2. The number of ether oxygens (including phenoxy) is 1. The van der Waals surface area contributed by atoms with Crippen molar-refractivity contribution in [2.45, 2.75) is 57.8 Å². The van der Waals surface area contributed by atoms with Crippen molar-refractivity contribution in [1.29, 1.82) is 0 Å². The standard InChI is InChI=1S/C12H25NO2/c1-4-6-11(10(2)14)7-5-8-12(13-3)9-15-12/h10-11,13-14H,4-9H2,1-3H3. The molecule has 1 aliphatic rings. The second-order valence-electron chi connectivity index (χ2n) is 4.71. The minimum Gasteiger partial charge on any atom is -0.393 e. The SMILES string of the molecule is CCCC(CCCC1(NC)CO1)C(C)O. The van der Waals surface area contributed by atoms with Crippen molar-refractivity contribution in [1.82, 2.24) is 5.32 Å². The van der Waals surface area contributed by atoms with Gasteiger partial charge >= 0.3 is 0 Å². The fourth-order valence-corrected chi connectivity index (χ4v) is 2.15. The van der Waals surface area contributed by atoms with Crippen molar-refractivity contribution in [3.63, 3.8) is 0 Å². The predicted octanol–water partition coefficient (Wildman–Crippen LogP) is 1.90. The van der Waals surface area contributed by atoms with E-state index in [0.29, 0.717) is 5.92 Å². The molecule has 3 nitrogen and oxygen atoms in total. The number of epoxide rings is 1. The number of nitrogens with one attached hydrogen (secondary N) is 1. The molecule has 0 radical (unpaired) electrons. The lowest BCUT2D eigenvalue weighted by atomic mass is 9.91. The van der Waals surface area contributed by atoms with E-state index in [1.54, 1.807) is 0 Å². The van der Waals surface area contributed by atoms with E-state index >= 15 is 0 Å². The number of likely N-dealkylation sites (N-methyl/N-ethyl adjacent to an activating group) is 1. The molecular formula is C12H25NO2. The lowest BCUT2D eigenvalue weighted by Crippen LogP contribution is -2.29. The molecule has 3 unspecified atom stereocenters. The minimum atomic E-state index is -0.171. The molecule has 0 aromatic rings. The molecule has 0 bridgehead atoms. The third-order valence-electron chi connectivity index (χ3n) is 3.45. The fourth-order valence-electron chi connectivity index (χ4n) is 2.15. The minimum absolute atomic E-state index is 0.0184. The summed E-state index contributed by atoms with van der Waals surface area (Å²) in [5.74, 6) is 0.461. The zero-order valence-electron chi connectivity index (χ0n) is 10.3. The van der Waals surface area contributed by atoms with Gasteiger partial charge in [0.25, 0.3) is 0 Å². The van der Waals surface area contributed by atoms with Gasteiger partial charge in [-0.15, -0.1) is 0 Å². The number of aliphatic hydroxyl groups is 1. The Kier molecular flexibility index (Phi) is 5.03. The Morgan fingerprint density at radius 2 is 2.13 bits per heavy atom. The molecule has 1 heterocycles. The van der Waals surface area contributed by atoms with Crippen LogP contribution in [0.2, 0.25) is 0 Å². The molecule has 90 valence electrons. The van der Waals surface area contributed by atoms with E-state index in [1.165, 1.54) is 0 Å². The summed E-state index contributed by atoms with van der Waals surface area (Å²) in [7, 11) is 1.95. The zero-order valence-corrected chi connectivity index (χ0v) is 10.3. The topological polar surface area (TPSA) is 44.8 Å². The van der Waals surface area contributed by atoms with E-state index in [2.05, 4.69) is 12.2 Å². The molecule has 0 aliphatic carbocycles. The molecular weight excluding hydrogens is 190 g/mol. The van der Waals surface area contributed by atoms with E-state index < -0.39 is 0 Å². The van der Waals surface area contributed by atoms with E-state index in [4.69, 9.17) is 4.74 Å². The van der Waals surface area contributed by atoms with Crippen LogP contribution in [0.4, 0.5) is 0 Å². The van der Waals surface area contributed by atoms with E-state index in [9.17, 15) is 5.11 Å². The van der Waals surface area contributed by atoms with Crippen molar-refractivity contribution >= 4 is 0 Å². The van der Waals surface area contributed by atoms with Crippen LogP contribution in [-0.4, -0.2) is 30.6 Å². The van der Waals surface area contributed by atoms with Crippen LogP contribution in [0.5, 0.6) is 0 Å². The van der Waals surface area contributed by atoms with Crippen LogP contribution in [0.25, 0.3) is 0 Å². The molecule has 0 spiro atoms. The van der Waals surface area contributed by atoms with E-state index in [0.717, 1.165) is 38.7 Å². The second-order valence-corrected chi connectivity index (χ2v) is 4.71. The van der Waals surface area contributed by atoms with Gasteiger partial charge in [-0.1, -0.05) is 13.3 Å². The molecule has 15 heavy (non-hydrogen) atoms. The third kappa shape index (κ3) is 4.09. The Morgan fingerprint density at radius 3 is 2.53 bits per heavy atom. The van der Waals surface area contributed by atoms with Gasteiger partial charge in [0, 0.05) is 0 Å². The summed E-state index contributed by atoms with van der Waals surface area (Å²) in [5, 5.41) is 12.8. The Hall–Kier alpha value is -0.120. The van der Waals surface area contributed by atoms with Crippen LogP contribution in [0.3, 0.4) is 0 Å². The average Bonchev–Trinajstić information content (AvgIpc) is 2.97. The lowest BCUT2D eigenvalue weighted by Gasteiger charge is -2.20. The lowest BCUT2D eigenvalue weighted by molar-refractivity contribution is 0.109. The Balaban J connectivity index is 2.16. The zero-order chi connectivity index (χ0) is 11.3. The van der Waals surface area contributed by atoms with Crippen molar-refractivity contribution in [2.75, 3.05) is 13.7 Å². The third-order valence-corrected chi connectivity index (χ3v) is 3.45. The van der Waals surface area contributed by atoms with Crippen LogP contribution in [0, 0.1) is 5.92 Å². The maximum atomic E-state index is 9.60. The van der Waals surface area contributed by atoms with Gasteiger partial charge in [-0.2, -0.15) is 0 Å². The second kappa shape index (κ2) is 5.83. The van der Waals surface area contributed by atoms with Gasteiger partial charge in [-0.05, 0) is 45.6 Å². The summed E-state index contributed by atoms with van der Waals surface area (Å²) >= 11 is 0. The first-order valence-electron chi connectivity index (χ1n) is 6.14. The quantitative estimate of drug-likeness (QED) is 0.608. The Bertz CT molecular complexity index is 178. The molecule has 1 fully saturated rings. The Labute approximate surface area is 93.2 Å². The highest BCUT2D eigenvalue weighted by Crippen LogP contribution is 2.30. The van der Waals surface area contributed by atoms with Gasteiger partial charge in [0.1, 0.15) is 5.72 Å². The molecule has 0 aromatic carbocycles. The summed E-state index contributed by atoms with van der Waals surface area (Å²) < 4.78 is 5.37. The number of hydrogen-bond acceptors (Lipinski definition) is 3. The first-order chi connectivity index (χ1) is 7.13. The molecule has 1 saturated heterocycles. The first kappa shape index (κ1) is 12.9. The summed E-state index contributed by atoms with van der Waals surface area (Å²) in [6.45, 7) is 4.92. The van der Waals surface area contributed by atoms with Gasteiger partial charge in [-0.3, -0.25) is 5.32 Å². The van der Waals surface area contributed by atoms with E-state index in [1.807, 2.05) is 14.0 Å². The molecule has 0 amide bonds. The Morgan fingerprint density at radius 1 is 1.47 bits per heavy atom. The smallest absolute Gasteiger partial charge is 0.142 e. The fraction of sp³-hybridized carbons (Fsp3) is 1.00. The molecule has 0 aromatic heterocycles. The monoisotopic (exact) mass is 215 g/mol. The molecule has 1 rings (SSSR count). The summed E-state index contributed by atoms with van der Waals surface area (Å²) in [6, 6.07) is 0. The maximum absolute atomic E-state index is 9.60. The first-order valence-corrected chi connectivity index (χ1v) is 6.14. The van der Waals surface area contributed by atoms with Crippen molar-refractivity contribution in [3.8, 4) is 0 Å². The number of rotatable bonds is 8. The maximum Gasteiger partial charge on any atom is 0.142 e. The summed E-state index contributed by atoms with van der Waals surface area (Å²) in [6.07, 6.45) is 5.43. The predicted molar refractivity (Wildman–Crippen MR) is 61.7 cm³/mol.